The molecule has 3 heterocycles. The Balaban J connectivity index is 1.32. The molecule has 1 atom stereocenters. The summed E-state index contributed by atoms with van der Waals surface area (Å²) >= 11 is 1.40. The molecule has 1 saturated heterocycles. The average molecular weight is 478 g/mol. The topological polar surface area (TPSA) is 112 Å². The van der Waals surface area contributed by atoms with Gasteiger partial charge in [-0.15, -0.1) is 10.2 Å². The summed E-state index contributed by atoms with van der Waals surface area (Å²) in [5, 5.41) is 12.2. The monoisotopic (exact) mass is 477 g/mol. The zero-order valence-corrected chi connectivity index (χ0v) is 19.8. The molecule has 0 aliphatic carbocycles. The Morgan fingerprint density at radius 3 is 2.62 bits per heavy atom. The Morgan fingerprint density at radius 2 is 1.82 bits per heavy atom. The Hall–Kier alpha value is -3.37. The highest BCUT2D eigenvalue weighted by Gasteiger charge is 2.22. The zero-order valence-electron chi connectivity index (χ0n) is 19.0. The van der Waals surface area contributed by atoms with Crippen LogP contribution in [0.4, 0.5) is 5.69 Å². The number of benzene rings is 2. The molecule has 0 bridgehead atoms. The first-order valence-corrected chi connectivity index (χ1v) is 12.3. The Bertz CT molecular complexity index is 1340. The fourth-order valence-corrected chi connectivity index (χ4v) is 5.02. The molecule has 5 rings (SSSR count). The van der Waals surface area contributed by atoms with Crippen LogP contribution in [0.1, 0.15) is 31.2 Å². The van der Waals surface area contributed by atoms with E-state index in [1.54, 1.807) is 18.2 Å². The second kappa shape index (κ2) is 9.86. The largest absolute Gasteiger partial charge is 0.325 e. The molecular weight excluding hydrogens is 450 g/mol. The van der Waals surface area contributed by atoms with Gasteiger partial charge in [0.1, 0.15) is 5.82 Å². The molecule has 2 aromatic carbocycles. The molecule has 2 aromatic heterocycles. The minimum absolute atomic E-state index is 0.141. The van der Waals surface area contributed by atoms with Gasteiger partial charge in [0.25, 0.3) is 0 Å². The number of hydrogen-bond donors (Lipinski definition) is 3. The first kappa shape index (κ1) is 22.4. The van der Waals surface area contributed by atoms with E-state index >= 15 is 0 Å². The number of hydrogen-bond acceptors (Lipinski definition) is 6. The summed E-state index contributed by atoms with van der Waals surface area (Å²) in [5.74, 6) is 0.778. The Kier molecular flexibility index (Phi) is 6.50. The van der Waals surface area contributed by atoms with E-state index in [4.69, 9.17) is 0 Å². The number of carbonyl (C=O) groups excluding carboxylic acids is 1. The average Bonchev–Trinajstić information content (AvgIpc) is 3.56. The maximum absolute atomic E-state index is 12.9. The van der Waals surface area contributed by atoms with Crippen LogP contribution in [-0.4, -0.2) is 53.9 Å². The van der Waals surface area contributed by atoms with Crippen LogP contribution in [0.5, 0.6) is 0 Å². The molecule has 1 aliphatic rings. The Morgan fingerprint density at radius 1 is 1.06 bits per heavy atom. The van der Waals surface area contributed by atoms with Crippen LogP contribution in [0.15, 0.2) is 58.5 Å². The van der Waals surface area contributed by atoms with E-state index in [1.165, 1.54) is 24.6 Å². The number of H-pyrrole nitrogens is 2. The van der Waals surface area contributed by atoms with Crippen molar-refractivity contribution in [3.05, 3.63) is 70.4 Å². The number of nitrogens with one attached hydrogen (secondary N) is 3. The molecule has 1 amide bonds. The quantitative estimate of drug-likeness (QED) is 0.336. The van der Waals surface area contributed by atoms with Gasteiger partial charge in [-0.2, -0.15) is 0 Å². The summed E-state index contributed by atoms with van der Waals surface area (Å²) in [7, 11) is 0. The van der Waals surface area contributed by atoms with Crippen molar-refractivity contribution in [1.29, 1.82) is 0 Å². The second-order valence-electron chi connectivity index (χ2n) is 8.54. The van der Waals surface area contributed by atoms with E-state index in [1.807, 2.05) is 25.1 Å². The fourth-order valence-electron chi connectivity index (χ4n) is 4.15. The first-order valence-electron chi connectivity index (χ1n) is 11.4. The normalized spacial score (nSPS) is 15.1. The van der Waals surface area contributed by atoms with Gasteiger partial charge in [0.15, 0.2) is 5.16 Å². The van der Waals surface area contributed by atoms with Crippen LogP contribution in [-0.2, 0) is 17.9 Å². The third-order valence-corrected chi connectivity index (χ3v) is 7.06. The predicted molar refractivity (Wildman–Crippen MR) is 133 cm³/mol. The highest BCUT2D eigenvalue weighted by molar-refractivity contribution is 8.00. The number of imidazole rings is 1. The molecule has 10 heteroatoms. The van der Waals surface area contributed by atoms with E-state index < -0.39 is 0 Å². The van der Waals surface area contributed by atoms with E-state index in [2.05, 4.69) is 47.1 Å². The smallest absolute Gasteiger partial charge is 0.323 e. The number of aromatic amines is 2. The number of rotatable bonds is 8. The van der Waals surface area contributed by atoms with Crippen LogP contribution < -0.4 is 11.0 Å². The van der Waals surface area contributed by atoms with Crippen molar-refractivity contribution >= 4 is 34.4 Å². The van der Waals surface area contributed by atoms with E-state index in [-0.39, 0.29) is 16.8 Å². The molecule has 1 aliphatic heterocycles. The summed E-state index contributed by atoms with van der Waals surface area (Å²) < 4.78 is 2.12. The SMILES string of the molecule is C[C@H](Sc1nnc(CN2CCCC2)n1Cc1ccccc1)C(=O)Nc1ccc2[nH]c(=O)[nH]c2c1. The van der Waals surface area contributed by atoms with Crippen molar-refractivity contribution in [2.24, 2.45) is 0 Å². The Labute approximate surface area is 201 Å². The third-order valence-electron chi connectivity index (χ3n) is 5.98. The molecule has 4 aromatic rings. The van der Waals surface area contributed by atoms with Gasteiger partial charge in [0.05, 0.1) is 29.4 Å². The van der Waals surface area contributed by atoms with Crippen molar-refractivity contribution in [3.8, 4) is 0 Å². The van der Waals surface area contributed by atoms with Crippen molar-refractivity contribution in [2.45, 2.75) is 43.3 Å². The number of fused-ring (bicyclic) bond motifs is 1. The molecule has 1 fully saturated rings. The van der Waals surface area contributed by atoms with Gasteiger partial charge >= 0.3 is 5.69 Å². The second-order valence-corrected chi connectivity index (χ2v) is 9.85. The van der Waals surface area contributed by atoms with Crippen molar-refractivity contribution < 1.29 is 4.79 Å². The number of nitrogens with zero attached hydrogens (tertiary/aromatic N) is 4. The molecule has 34 heavy (non-hydrogen) atoms. The summed E-state index contributed by atoms with van der Waals surface area (Å²) in [6.45, 7) is 5.44. The lowest BCUT2D eigenvalue weighted by Crippen LogP contribution is -2.24. The fraction of sp³-hybridized carbons (Fsp3) is 0.333. The lowest BCUT2D eigenvalue weighted by molar-refractivity contribution is -0.115. The minimum atomic E-state index is -0.390. The van der Waals surface area contributed by atoms with Gasteiger partial charge in [-0.3, -0.25) is 9.69 Å². The standard InChI is InChI=1S/C24H27N7O2S/c1-16(22(32)25-18-9-10-19-20(13-18)27-23(33)26-19)34-24-29-28-21(15-30-11-5-6-12-30)31(24)14-17-7-3-2-4-8-17/h2-4,7-10,13,16H,5-6,11-12,14-15H2,1H3,(H,25,32)(H2,26,27,33)/t16-/m0/s1. The minimum Gasteiger partial charge on any atom is -0.325 e. The van der Waals surface area contributed by atoms with Gasteiger partial charge < -0.3 is 19.9 Å². The maximum Gasteiger partial charge on any atom is 0.323 e. The molecular formula is C24H27N7O2S. The van der Waals surface area contributed by atoms with Crippen LogP contribution in [0.3, 0.4) is 0 Å². The lowest BCUT2D eigenvalue weighted by Gasteiger charge is -2.17. The van der Waals surface area contributed by atoms with Gasteiger partial charge in [0.2, 0.25) is 5.91 Å². The summed E-state index contributed by atoms with van der Waals surface area (Å²) in [5.41, 5.74) is 2.87. The molecule has 0 spiro atoms. The van der Waals surface area contributed by atoms with Crippen molar-refractivity contribution in [3.63, 3.8) is 0 Å². The summed E-state index contributed by atoms with van der Waals surface area (Å²) in [6, 6.07) is 15.5. The van der Waals surface area contributed by atoms with Crippen LogP contribution in [0.25, 0.3) is 11.0 Å². The number of amides is 1. The number of thioether (sulfide) groups is 1. The zero-order chi connectivity index (χ0) is 23.5. The van der Waals surface area contributed by atoms with E-state index in [9.17, 15) is 9.59 Å². The number of aromatic nitrogens is 5. The van der Waals surface area contributed by atoms with Gasteiger partial charge in [-0.1, -0.05) is 42.1 Å². The van der Waals surface area contributed by atoms with Gasteiger partial charge in [-0.05, 0) is 56.6 Å². The molecule has 3 N–H and O–H groups in total. The number of anilines is 1. The number of carbonyl (C=O) groups is 1. The highest BCUT2D eigenvalue weighted by atomic mass is 32.2. The predicted octanol–water partition coefficient (Wildman–Crippen LogP) is 3.21. The van der Waals surface area contributed by atoms with Crippen LogP contribution in [0, 0.1) is 0 Å². The van der Waals surface area contributed by atoms with Gasteiger partial charge in [-0.25, -0.2) is 4.79 Å². The van der Waals surface area contributed by atoms with E-state index in [0.29, 0.717) is 23.3 Å². The lowest BCUT2D eigenvalue weighted by atomic mass is 10.2. The molecule has 176 valence electrons. The van der Waals surface area contributed by atoms with Crippen LogP contribution >= 0.6 is 11.8 Å². The molecule has 0 unspecified atom stereocenters. The summed E-state index contributed by atoms with van der Waals surface area (Å²) in [4.78, 5) is 32.2. The van der Waals surface area contributed by atoms with Gasteiger partial charge in [0, 0.05) is 5.69 Å². The molecule has 9 nitrogen and oxygen atoms in total. The van der Waals surface area contributed by atoms with Crippen LogP contribution in [0.2, 0.25) is 0 Å². The first-order chi connectivity index (χ1) is 16.5. The maximum atomic E-state index is 12.9. The molecule has 0 saturated carbocycles. The number of likely N-dealkylation sites (tertiary alicyclic amines) is 1. The van der Waals surface area contributed by atoms with Crippen molar-refractivity contribution in [1.82, 2.24) is 29.6 Å². The summed E-state index contributed by atoms with van der Waals surface area (Å²) in [6.07, 6.45) is 2.43. The van der Waals surface area contributed by atoms with Crippen molar-refractivity contribution in [2.75, 3.05) is 18.4 Å². The third kappa shape index (κ3) is 5.07. The highest BCUT2D eigenvalue weighted by Crippen LogP contribution is 2.26. The molecule has 0 radical (unpaired) electrons. The van der Waals surface area contributed by atoms with E-state index in [0.717, 1.165) is 36.2 Å².